The average Bonchev–Trinajstić information content (AvgIpc) is 2.19. The Morgan fingerprint density at radius 2 is 2.00 bits per heavy atom. The summed E-state index contributed by atoms with van der Waals surface area (Å²) >= 11 is 0. The zero-order chi connectivity index (χ0) is 12.4. The van der Waals surface area contributed by atoms with Gasteiger partial charge in [-0.15, -0.1) is 6.58 Å². The molecule has 0 amide bonds. The highest BCUT2D eigenvalue weighted by Crippen LogP contribution is 2.05. The van der Waals surface area contributed by atoms with Gasteiger partial charge in [0.15, 0.2) is 0 Å². The van der Waals surface area contributed by atoms with Gasteiger partial charge in [0.25, 0.3) is 0 Å². The van der Waals surface area contributed by atoms with Gasteiger partial charge in [-0.3, -0.25) is 9.59 Å². The number of allylic oxidation sites excluding steroid dienone is 1. The Balaban J connectivity index is 4.02. The van der Waals surface area contributed by atoms with Crippen LogP contribution in [0, 0.1) is 0 Å². The van der Waals surface area contributed by atoms with Gasteiger partial charge in [-0.25, -0.2) is 0 Å². The first-order valence-electron chi connectivity index (χ1n) is 5.14. The SMILES string of the molecule is C=CCCC(/C=C/COC(C)=O)OC(C)=O. The van der Waals surface area contributed by atoms with Gasteiger partial charge < -0.3 is 9.47 Å². The first-order valence-corrected chi connectivity index (χ1v) is 5.14. The maximum absolute atomic E-state index is 10.8. The van der Waals surface area contributed by atoms with E-state index in [1.54, 1.807) is 18.2 Å². The topological polar surface area (TPSA) is 52.6 Å². The molecule has 90 valence electrons. The lowest BCUT2D eigenvalue weighted by molar-refractivity contribution is -0.144. The van der Waals surface area contributed by atoms with E-state index in [1.807, 2.05) is 0 Å². The first-order chi connectivity index (χ1) is 7.56. The largest absolute Gasteiger partial charge is 0.462 e. The lowest BCUT2D eigenvalue weighted by Crippen LogP contribution is -2.13. The highest BCUT2D eigenvalue weighted by molar-refractivity contribution is 5.66. The van der Waals surface area contributed by atoms with Crippen molar-refractivity contribution in [3.05, 3.63) is 24.8 Å². The van der Waals surface area contributed by atoms with Gasteiger partial charge in [0, 0.05) is 13.8 Å². The van der Waals surface area contributed by atoms with Crippen molar-refractivity contribution in [2.75, 3.05) is 6.61 Å². The molecule has 0 aliphatic carbocycles. The smallest absolute Gasteiger partial charge is 0.303 e. The second kappa shape index (κ2) is 8.71. The van der Waals surface area contributed by atoms with E-state index in [9.17, 15) is 9.59 Å². The third kappa shape index (κ3) is 8.99. The second-order valence-corrected chi connectivity index (χ2v) is 3.24. The van der Waals surface area contributed by atoms with E-state index in [0.29, 0.717) is 6.42 Å². The number of carbonyl (C=O) groups excluding carboxylic acids is 2. The predicted octanol–water partition coefficient (Wildman–Crippen LogP) is 2.00. The number of carbonyl (C=O) groups is 2. The summed E-state index contributed by atoms with van der Waals surface area (Å²) < 4.78 is 9.76. The molecule has 0 rings (SSSR count). The third-order valence-corrected chi connectivity index (χ3v) is 1.71. The van der Waals surface area contributed by atoms with Crippen molar-refractivity contribution in [2.24, 2.45) is 0 Å². The van der Waals surface area contributed by atoms with Crippen LogP contribution in [0.1, 0.15) is 26.7 Å². The molecule has 0 aliphatic rings. The van der Waals surface area contributed by atoms with Gasteiger partial charge in [-0.2, -0.15) is 0 Å². The van der Waals surface area contributed by atoms with Crippen molar-refractivity contribution in [3.8, 4) is 0 Å². The number of esters is 2. The Hall–Kier alpha value is -1.58. The molecule has 4 nitrogen and oxygen atoms in total. The standard InChI is InChI=1S/C12H18O4/c1-4-5-7-12(16-11(3)14)8-6-9-15-10(2)13/h4,6,8,12H,1,5,7,9H2,2-3H3/b8-6+. The Morgan fingerprint density at radius 1 is 1.31 bits per heavy atom. The fraction of sp³-hybridized carbons (Fsp3) is 0.500. The number of hydrogen-bond donors (Lipinski definition) is 0. The number of ether oxygens (including phenoxy) is 2. The van der Waals surface area contributed by atoms with E-state index in [-0.39, 0.29) is 24.6 Å². The molecular formula is C12H18O4. The van der Waals surface area contributed by atoms with Crippen LogP contribution in [-0.4, -0.2) is 24.6 Å². The average molecular weight is 226 g/mol. The fourth-order valence-corrected chi connectivity index (χ4v) is 1.06. The van der Waals surface area contributed by atoms with Gasteiger partial charge in [-0.1, -0.05) is 6.08 Å². The quantitative estimate of drug-likeness (QED) is 0.492. The van der Waals surface area contributed by atoms with E-state index in [2.05, 4.69) is 6.58 Å². The van der Waals surface area contributed by atoms with Crippen molar-refractivity contribution >= 4 is 11.9 Å². The summed E-state index contributed by atoms with van der Waals surface area (Å²) in [6.07, 6.45) is 6.30. The van der Waals surface area contributed by atoms with Gasteiger partial charge >= 0.3 is 11.9 Å². The minimum atomic E-state index is -0.334. The monoisotopic (exact) mass is 226 g/mol. The van der Waals surface area contributed by atoms with Crippen LogP contribution in [0.3, 0.4) is 0 Å². The van der Waals surface area contributed by atoms with Crippen LogP contribution >= 0.6 is 0 Å². The van der Waals surface area contributed by atoms with Crippen molar-refractivity contribution < 1.29 is 19.1 Å². The lowest BCUT2D eigenvalue weighted by atomic mass is 10.2. The summed E-state index contributed by atoms with van der Waals surface area (Å²) in [5, 5.41) is 0. The molecule has 16 heavy (non-hydrogen) atoms. The highest BCUT2D eigenvalue weighted by Gasteiger charge is 2.06. The second-order valence-electron chi connectivity index (χ2n) is 3.24. The minimum Gasteiger partial charge on any atom is -0.462 e. The highest BCUT2D eigenvalue weighted by atomic mass is 16.5. The van der Waals surface area contributed by atoms with Crippen LogP contribution in [0.2, 0.25) is 0 Å². The van der Waals surface area contributed by atoms with E-state index in [1.165, 1.54) is 13.8 Å². The van der Waals surface area contributed by atoms with E-state index >= 15 is 0 Å². The van der Waals surface area contributed by atoms with Crippen LogP contribution < -0.4 is 0 Å². The number of rotatable bonds is 7. The van der Waals surface area contributed by atoms with Crippen molar-refractivity contribution in [3.63, 3.8) is 0 Å². The zero-order valence-electron chi connectivity index (χ0n) is 9.77. The molecule has 0 aliphatic heterocycles. The van der Waals surface area contributed by atoms with Crippen LogP contribution in [0.25, 0.3) is 0 Å². The molecule has 0 fully saturated rings. The molecule has 1 atom stereocenters. The van der Waals surface area contributed by atoms with Gasteiger partial charge in [0.05, 0.1) is 0 Å². The Bertz CT molecular complexity index is 268. The molecule has 4 heteroatoms. The van der Waals surface area contributed by atoms with Crippen LogP contribution in [0.15, 0.2) is 24.8 Å². The normalized spacial score (nSPS) is 12.1. The van der Waals surface area contributed by atoms with Crippen molar-refractivity contribution in [1.29, 1.82) is 0 Å². The van der Waals surface area contributed by atoms with E-state index < -0.39 is 0 Å². The van der Waals surface area contributed by atoms with Crippen LogP contribution in [-0.2, 0) is 19.1 Å². The molecule has 0 aromatic rings. The summed E-state index contributed by atoms with van der Waals surface area (Å²) in [5.74, 6) is -0.661. The Morgan fingerprint density at radius 3 is 2.50 bits per heavy atom. The zero-order valence-corrected chi connectivity index (χ0v) is 9.77. The molecule has 0 spiro atoms. The van der Waals surface area contributed by atoms with E-state index in [4.69, 9.17) is 9.47 Å². The summed E-state index contributed by atoms with van der Waals surface area (Å²) in [6, 6.07) is 0. The molecule has 1 unspecified atom stereocenters. The molecule has 0 bridgehead atoms. The minimum absolute atomic E-state index is 0.196. The van der Waals surface area contributed by atoms with Crippen molar-refractivity contribution in [2.45, 2.75) is 32.8 Å². The lowest BCUT2D eigenvalue weighted by Gasteiger charge is -2.11. The molecule has 0 radical (unpaired) electrons. The summed E-state index contributed by atoms with van der Waals surface area (Å²) in [6.45, 7) is 6.50. The summed E-state index contributed by atoms with van der Waals surface area (Å²) in [7, 11) is 0. The first kappa shape index (κ1) is 14.4. The molecule has 0 aromatic carbocycles. The Kier molecular flexibility index (Phi) is 7.85. The van der Waals surface area contributed by atoms with Gasteiger partial charge in [0.1, 0.15) is 12.7 Å². The molecule has 0 saturated heterocycles. The predicted molar refractivity (Wildman–Crippen MR) is 60.8 cm³/mol. The molecule has 0 heterocycles. The van der Waals surface area contributed by atoms with Crippen LogP contribution in [0.5, 0.6) is 0 Å². The molecule has 0 aromatic heterocycles. The Labute approximate surface area is 95.9 Å². The van der Waals surface area contributed by atoms with Gasteiger partial charge in [0.2, 0.25) is 0 Å². The fourth-order valence-electron chi connectivity index (χ4n) is 1.06. The van der Waals surface area contributed by atoms with Crippen LogP contribution in [0.4, 0.5) is 0 Å². The maximum atomic E-state index is 10.8. The molecule has 0 N–H and O–H groups in total. The number of hydrogen-bond acceptors (Lipinski definition) is 4. The molecule has 0 saturated carbocycles. The summed E-state index contributed by atoms with van der Waals surface area (Å²) in [4.78, 5) is 21.3. The maximum Gasteiger partial charge on any atom is 0.303 e. The van der Waals surface area contributed by atoms with Crippen molar-refractivity contribution in [1.82, 2.24) is 0 Å². The third-order valence-electron chi connectivity index (χ3n) is 1.71. The molecular weight excluding hydrogens is 208 g/mol. The summed E-state index contributed by atoms with van der Waals surface area (Å²) in [5.41, 5.74) is 0. The van der Waals surface area contributed by atoms with Gasteiger partial charge in [-0.05, 0) is 25.0 Å². The van der Waals surface area contributed by atoms with E-state index in [0.717, 1.165) is 6.42 Å².